The highest BCUT2D eigenvalue weighted by atomic mass is 16.5. The molecule has 5 heteroatoms. The van der Waals surface area contributed by atoms with Crippen molar-refractivity contribution in [1.29, 1.82) is 0 Å². The predicted molar refractivity (Wildman–Crippen MR) is 141 cm³/mol. The zero-order valence-electron chi connectivity index (χ0n) is 22.4. The first-order valence-electron chi connectivity index (χ1n) is 14.1. The fourth-order valence-corrected chi connectivity index (χ4v) is 6.05. The molecule has 0 aliphatic heterocycles. The molecule has 0 saturated heterocycles. The number of rotatable bonds is 15. The minimum atomic E-state index is -0.584. The average molecular weight is 491 g/mol. The van der Waals surface area contributed by atoms with Gasteiger partial charge in [0.1, 0.15) is 0 Å². The van der Waals surface area contributed by atoms with Crippen LogP contribution >= 0.6 is 0 Å². The van der Waals surface area contributed by atoms with Gasteiger partial charge in [0.15, 0.2) is 0 Å². The third kappa shape index (κ3) is 10.5. The van der Waals surface area contributed by atoms with Gasteiger partial charge >= 0.3 is 11.9 Å². The molecular formula is C30H50O5. The Kier molecular flexibility index (Phi) is 13.7. The first-order valence-corrected chi connectivity index (χ1v) is 14.1. The van der Waals surface area contributed by atoms with Gasteiger partial charge in [-0.3, -0.25) is 0 Å². The Hall–Kier alpha value is -1.62. The van der Waals surface area contributed by atoms with Crippen LogP contribution in [0.1, 0.15) is 104 Å². The van der Waals surface area contributed by atoms with Crippen molar-refractivity contribution < 1.29 is 24.2 Å². The maximum absolute atomic E-state index is 12.0. The van der Waals surface area contributed by atoms with E-state index in [1.807, 2.05) is 0 Å². The fraction of sp³-hybridized carbons (Fsp3) is 0.800. The standard InChI is InChI=1S/C30H50O5/c1-5-6-7-8-9-10-24-11-13-25(14-12-24)26-15-17-27(18-16-26)28(20-34-29(32)22(2)3)21-35-30(33)23(4)19-31/h24-28,31H,2,4-21H2,1,3H3. The summed E-state index contributed by atoms with van der Waals surface area (Å²) in [6, 6.07) is 0. The summed E-state index contributed by atoms with van der Waals surface area (Å²) in [4.78, 5) is 23.9. The Bertz CT molecular complexity index is 668. The Morgan fingerprint density at radius 3 is 1.91 bits per heavy atom. The first-order chi connectivity index (χ1) is 16.8. The second-order valence-corrected chi connectivity index (χ2v) is 11.2. The SMILES string of the molecule is C=C(C)C(=O)OCC(COC(=O)C(=C)CO)C1CCC(C2CCC(CCCCCCC)CC2)CC1. The molecule has 0 heterocycles. The van der Waals surface area contributed by atoms with E-state index in [-0.39, 0.29) is 24.7 Å². The third-order valence-corrected chi connectivity index (χ3v) is 8.44. The molecule has 1 atom stereocenters. The van der Waals surface area contributed by atoms with Crippen molar-refractivity contribution in [2.24, 2.45) is 29.6 Å². The monoisotopic (exact) mass is 490 g/mol. The van der Waals surface area contributed by atoms with E-state index in [2.05, 4.69) is 20.1 Å². The quantitative estimate of drug-likeness (QED) is 0.155. The Balaban J connectivity index is 1.78. The van der Waals surface area contributed by atoms with Crippen LogP contribution in [0.25, 0.3) is 0 Å². The number of aliphatic hydroxyl groups is 1. The topological polar surface area (TPSA) is 72.8 Å². The summed E-state index contributed by atoms with van der Waals surface area (Å²) in [5.41, 5.74) is 0.414. The zero-order valence-corrected chi connectivity index (χ0v) is 22.4. The van der Waals surface area contributed by atoms with E-state index in [4.69, 9.17) is 14.6 Å². The van der Waals surface area contributed by atoms with Crippen molar-refractivity contribution in [3.8, 4) is 0 Å². The summed E-state index contributed by atoms with van der Waals surface area (Å²) >= 11 is 0. The normalized spacial score (nSPS) is 25.5. The van der Waals surface area contributed by atoms with Crippen molar-refractivity contribution in [3.05, 3.63) is 24.3 Å². The van der Waals surface area contributed by atoms with Gasteiger partial charge in [-0.1, -0.05) is 71.4 Å². The van der Waals surface area contributed by atoms with Crippen molar-refractivity contribution >= 4 is 11.9 Å². The molecule has 2 rings (SSSR count). The number of unbranched alkanes of at least 4 members (excludes halogenated alkanes) is 4. The molecule has 2 aliphatic carbocycles. The Morgan fingerprint density at radius 2 is 1.37 bits per heavy atom. The first kappa shape index (κ1) is 29.6. The van der Waals surface area contributed by atoms with E-state index in [0.29, 0.717) is 11.5 Å². The van der Waals surface area contributed by atoms with Crippen LogP contribution in [0.2, 0.25) is 0 Å². The fourth-order valence-electron chi connectivity index (χ4n) is 6.05. The van der Waals surface area contributed by atoms with Gasteiger partial charge in [-0.05, 0) is 69.1 Å². The van der Waals surface area contributed by atoms with Crippen LogP contribution in [-0.4, -0.2) is 36.9 Å². The van der Waals surface area contributed by atoms with Crippen molar-refractivity contribution in [2.45, 2.75) is 104 Å². The summed E-state index contributed by atoms with van der Waals surface area (Å²) in [7, 11) is 0. The summed E-state index contributed by atoms with van der Waals surface area (Å²) in [5.74, 6) is 1.93. The van der Waals surface area contributed by atoms with Gasteiger partial charge < -0.3 is 14.6 Å². The van der Waals surface area contributed by atoms with Crippen LogP contribution in [-0.2, 0) is 19.1 Å². The molecule has 5 nitrogen and oxygen atoms in total. The van der Waals surface area contributed by atoms with E-state index < -0.39 is 18.5 Å². The third-order valence-electron chi connectivity index (χ3n) is 8.44. The largest absolute Gasteiger partial charge is 0.462 e. The van der Waals surface area contributed by atoms with E-state index >= 15 is 0 Å². The average Bonchev–Trinajstić information content (AvgIpc) is 2.88. The summed E-state index contributed by atoms with van der Waals surface area (Å²) in [6.07, 6.45) is 18.5. The zero-order chi connectivity index (χ0) is 25.6. The highest BCUT2D eigenvalue weighted by Gasteiger charge is 2.34. The summed E-state index contributed by atoms with van der Waals surface area (Å²) in [6.45, 7) is 11.1. The summed E-state index contributed by atoms with van der Waals surface area (Å²) in [5, 5.41) is 9.12. The van der Waals surface area contributed by atoms with Crippen LogP contribution in [0.3, 0.4) is 0 Å². The highest BCUT2D eigenvalue weighted by molar-refractivity contribution is 5.88. The van der Waals surface area contributed by atoms with E-state index in [1.165, 1.54) is 77.0 Å². The lowest BCUT2D eigenvalue weighted by Gasteiger charge is -2.39. The van der Waals surface area contributed by atoms with Crippen molar-refractivity contribution in [1.82, 2.24) is 0 Å². The molecule has 0 spiro atoms. The summed E-state index contributed by atoms with van der Waals surface area (Å²) < 4.78 is 10.8. The Labute approximate surface area is 213 Å². The van der Waals surface area contributed by atoms with Crippen molar-refractivity contribution in [2.75, 3.05) is 19.8 Å². The molecule has 0 radical (unpaired) electrons. The number of ether oxygens (including phenoxy) is 2. The minimum Gasteiger partial charge on any atom is -0.462 e. The second kappa shape index (κ2) is 16.2. The molecule has 0 bridgehead atoms. The molecule has 0 amide bonds. The van der Waals surface area contributed by atoms with Gasteiger partial charge in [-0.25, -0.2) is 9.59 Å². The number of aliphatic hydroxyl groups excluding tert-OH is 1. The number of esters is 2. The van der Waals surface area contributed by atoms with Gasteiger partial charge in [-0.2, -0.15) is 0 Å². The van der Waals surface area contributed by atoms with Crippen LogP contribution in [0.4, 0.5) is 0 Å². The number of hydrogen-bond donors (Lipinski definition) is 1. The van der Waals surface area contributed by atoms with Crippen LogP contribution in [0.15, 0.2) is 24.3 Å². The van der Waals surface area contributed by atoms with Crippen LogP contribution in [0, 0.1) is 29.6 Å². The lowest BCUT2D eigenvalue weighted by atomic mass is 9.67. The molecular weight excluding hydrogens is 440 g/mol. The van der Waals surface area contributed by atoms with Crippen molar-refractivity contribution in [3.63, 3.8) is 0 Å². The molecule has 1 unspecified atom stereocenters. The number of carbonyl (C=O) groups is 2. The molecule has 2 saturated carbocycles. The van der Waals surface area contributed by atoms with Gasteiger partial charge in [0.25, 0.3) is 0 Å². The van der Waals surface area contributed by atoms with Gasteiger partial charge in [-0.15, -0.1) is 0 Å². The maximum atomic E-state index is 12.0. The predicted octanol–water partition coefficient (Wildman–Crippen LogP) is 6.79. The van der Waals surface area contributed by atoms with E-state index in [9.17, 15) is 9.59 Å². The molecule has 2 aliphatic rings. The maximum Gasteiger partial charge on any atom is 0.335 e. The minimum absolute atomic E-state index is 0.0434. The number of hydrogen-bond acceptors (Lipinski definition) is 5. The van der Waals surface area contributed by atoms with E-state index in [0.717, 1.165) is 30.6 Å². The lowest BCUT2D eigenvalue weighted by Crippen LogP contribution is -2.33. The smallest absolute Gasteiger partial charge is 0.335 e. The van der Waals surface area contributed by atoms with Gasteiger partial charge in [0.05, 0.1) is 25.4 Å². The molecule has 0 aromatic heterocycles. The van der Waals surface area contributed by atoms with E-state index in [1.54, 1.807) is 6.92 Å². The van der Waals surface area contributed by atoms with Crippen LogP contribution in [0.5, 0.6) is 0 Å². The molecule has 0 aromatic rings. The molecule has 200 valence electrons. The molecule has 0 aromatic carbocycles. The number of carbonyl (C=O) groups excluding carboxylic acids is 2. The lowest BCUT2D eigenvalue weighted by molar-refractivity contribution is -0.146. The molecule has 2 fully saturated rings. The molecule has 35 heavy (non-hydrogen) atoms. The second-order valence-electron chi connectivity index (χ2n) is 11.2. The van der Waals surface area contributed by atoms with Gasteiger partial charge in [0, 0.05) is 11.5 Å². The highest BCUT2D eigenvalue weighted by Crippen LogP contribution is 2.43. The Morgan fingerprint density at radius 1 is 0.829 bits per heavy atom. The van der Waals surface area contributed by atoms with Gasteiger partial charge in [0.2, 0.25) is 0 Å². The molecule has 1 N–H and O–H groups in total. The van der Waals surface area contributed by atoms with Crippen LogP contribution < -0.4 is 0 Å².